The van der Waals surface area contributed by atoms with Crippen molar-refractivity contribution in [1.82, 2.24) is 0 Å². The highest BCUT2D eigenvalue weighted by Crippen LogP contribution is 2.34. The highest BCUT2D eigenvalue weighted by atomic mass is 32.2. The number of carbonyl (C=O) groups excluding carboxylic acids is 1. The van der Waals surface area contributed by atoms with E-state index in [-0.39, 0.29) is 16.7 Å². The zero-order chi connectivity index (χ0) is 16.3. The third-order valence-electron chi connectivity index (χ3n) is 2.82. The number of carbonyl (C=O) groups is 1. The molecular formula is C15H9F5OS. The van der Waals surface area contributed by atoms with Crippen LogP contribution < -0.4 is 0 Å². The molecule has 2 rings (SSSR count). The van der Waals surface area contributed by atoms with Gasteiger partial charge in [0.25, 0.3) is 0 Å². The molecule has 0 N–H and O–H groups in total. The van der Waals surface area contributed by atoms with Gasteiger partial charge in [0.1, 0.15) is 0 Å². The summed E-state index contributed by atoms with van der Waals surface area (Å²) in [5.74, 6) is -3.89. The van der Waals surface area contributed by atoms with E-state index in [4.69, 9.17) is 0 Å². The van der Waals surface area contributed by atoms with E-state index in [1.807, 2.05) is 0 Å². The normalized spacial score (nSPS) is 11.5. The number of hydrogen-bond acceptors (Lipinski definition) is 2. The van der Waals surface area contributed by atoms with Crippen LogP contribution in [0.1, 0.15) is 21.5 Å². The fourth-order valence-corrected chi connectivity index (χ4v) is 2.38. The van der Waals surface area contributed by atoms with Crippen molar-refractivity contribution >= 4 is 17.5 Å². The van der Waals surface area contributed by atoms with Gasteiger partial charge in [-0.1, -0.05) is 30.3 Å². The molecule has 0 aliphatic carbocycles. The van der Waals surface area contributed by atoms with Crippen molar-refractivity contribution in [2.75, 3.05) is 0 Å². The Morgan fingerprint density at radius 3 is 2.18 bits per heavy atom. The topological polar surface area (TPSA) is 17.1 Å². The molecule has 22 heavy (non-hydrogen) atoms. The molecule has 0 bridgehead atoms. The Labute approximate surface area is 127 Å². The van der Waals surface area contributed by atoms with Crippen LogP contribution in [-0.2, 0) is 5.75 Å². The van der Waals surface area contributed by atoms with Gasteiger partial charge in [-0.2, -0.15) is 13.2 Å². The van der Waals surface area contributed by atoms with Crippen molar-refractivity contribution in [3.8, 4) is 0 Å². The fraction of sp³-hybridized carbons (Fsp3) is 0.133. The van der Waals surface area contributed by atoms with Crippen LogP contribution in [0.3, 0.4) is 0 Å². The molecule has 0 fully saturated rings. The maximum atomic E-state index is 13.4. The maximum absolute atomic E-state index is 13.4. The van der Waals surface area contributed by atoms with Gasteiger partial charge >= 0.3 is 5.51 Å². The molecule has 0 aliphatic rings. The monoisotopic (exact) mass is 332 g/mol. The number of benzene rings is 2. The summed E-state index contributed by atoms with van der Waals surface area (Å²) in [5, 5.41) is 0. The molecule has 0 spiro atoms. The second kappa shape index (κ2) is 6.48. The molecule has 0 saturated carbocycles. The molecule has 0 amide bonds. The number of thioether (sulfide) groups is 1. The van der Waals surface area contributed by atoms with Gasteiger partial charge in [-0.3, -0.25) is 4.79 Å². The van der Waals surface area contributed by atoms with Crippen molar-refractivity contribution in [2.45, 2.75) is 11.3 Å². The summed E-state index contributed by atoms with van der Waals surface area (Å²) in [7, 11) is 0. The number of alkyl halides is 3. The highest BCUT2D eigenvalue weighted by molar-refractivity contribution is 7.99. The van der Waals surface area contributed by atoms with E-state index in [0.29, 0.717) is 12.1 Å². The van der Waals surface area contributed by atoms with Gasteiger partial charge in [0, 0.05) is 16.9 Å². The van der Waals surface area contributed by atoms with Crippen molar-refractivity contribution in [2.24, 2.45) is 0 Å². The molecule has 0 heterocycles. The Balaban J connectivity index is 2.41. The SMILES string of the molecule is O=C(c1ccccc1)c1cc(F)c(F)cc1CSC(F)(F)F. The molecule has 1 nitrogen and oxygen atoms in total. The minimum Gasteiger partial charge on any atom is -0.289 e. The minimum atomic E-state index is -4.53. The molecule has 7 heteroatoms. The molecule has 2 aromatic carbocycles. The summed E-state index contributed by atoms with van der Waals surface area (Å²) < 4.78 is 63.5. The Kier molecular flexibility index (Phi) is 4.85. The van der Waals surface area contributed by atoms with E-state index in [1.54, 1.807) is 18.2 Å². The van der Waals surface area contributed by atoms with Crippen LogP contribution in [0.5, 0.6) is 0 Å². The summed E-state index contributed by atoms with van der Waals surface area (Å²) >= 11 is -0.413. The molecule has 116 valence electrons. The average Bonchev–Trinajstić information content (AvgIpc) is 2.47. The van der Waals surface area contributed by atoms with Crippen LogP contribution in [0.2, 0.25) is 0 Å². The lowest BCUT2D eigenvalue weighted by Crippen LogP contribution is -2.09. The molecule has 0 unspecified atom stereocenters. The minimum absolute atomic E-state index is 0.187. The van der Waals surface area contributed by atoms with Crippen molar-refractivity contribution in [3.05, 3.63) is 70.8 Å². The van der Waals surface area contributed by atoms with E-state index in [0.717, 1.165) is 0 Å². The highest BCUT2D eigenvalue weighted by Gasteiger charge is 2.29. The average molecular weight is 332 g/mol. The summed E-state index contributed by atoms with van der Waals surface area (Å²) in [4.78, 5) is 12.3. The molecule has 2 aromatic rings. The van der Waals surface area contributed by atoms with Gasteiger partial charge in [-0.15, -0.1) is 0 Å². The Morgan fingerprint density at radius 2 is 1.59 bits per heavy atom. The molecule has 0 atom stereocenters. The smallest absolute Gasteiger partial charge is 0.289 e. The molecule has 0 aromatic heterocycles. The van der Waals surface area contributed by atoms with Gasteiger partial charge in [0.2, 0.25) is 0 Å². The van der Waals surface area contributed by atoms with E-state index >= 15 is 0 Å². The van der Waals surface area contributed by atoms with Gasteiger partial charge in [0.15, 0.2) is 17.4 Å². The quantitative estimate of drug-likeness (QED) is 0.582. The fourth-order valence-electron chi connectivity index (χ4n) is 1.82. The first kappa shape index (κ1) is 16.5. The lowest BCUT2D eigenvalue weighted by molar-refractivity contribution is -0.0329. The summed E-state index contributed by atoms with van der Waals surface area (Å²) in [6.07, 6.45) is 0. The lowest BCUT2D eigenvalue weighted by Gasteiger charge is -2.11. The van der Waals surface area contributed by atoms with Crippen molar-refractivity contribution < 1.29 is 26.7 Å². The first-order valence-corrected chi connectivity index (χ1v) is 7.05. The van der Waals surface area contributed by atoms with Crippen molar-refractivity contribution in [3.63, 3.8) is 0 Å². The Bertz CT molecular complexity index is 682. The van der Waals surface area contributed by atoms with Gasteiger partial charge < -0.3 is 0 Å². The second-order valence-electron chi connectivity index (χ2n) is 4.35. The van der Waals surface area contributed by atoms with E-state index in [1.165, 1.54) is 12.1 Å². The van der Waals surface area contributed by atoms with E-state index < -0.39 is 40.4 Å². The van der Waals surface area contributed by atoms with Gasteiger partial charge in [0.05, 0.1) is 0 Å². The zero-order valence-corrected chi connectivity index (χ0v) is 11.8. The Morgan fingerprint density at radius 1 is 1.00 bits per heavy atom. The first-order chi connectivity index (χ1) is 10.3. The molecule has 0 aliphatic heterocycles. The predicted molar refractivity (Wildman–Crippen MR) is 73.6 cm³/mol. The third kappa shape index (κ3) is 4.07. The first-order valence-electron chi connectivity index (χ1n) is 6.06. The van der Waals surface area contributed by atoms with Crippen LogP contribution in [0.15, 0.2) is 42.5 Å². The Hall–Kier alpha value is -1.89. The third-order valence-corrected chi connectivity index (χ3v) is 3.60. The van der Waals surface area contributed by atoms with E-state index in [2.05, 4.69) is 0 Å². The standard InChI is InChI=1S/C15H9F5OS/c16-12-6-10(8-22-15(18,19)20)11(7-13(12)17)14(21)9-4-2-1-3-5-9/h1-7H,8H2. The van der Waals surface area contributed by atoms with Crippen LogP contribution >= 0.6 is 11.8 Å². The van der Waals surface area contributed by atoms with Crippen molar-refractivity contribution in [1.29, 1.82) is 0 Å². The summed E-state index contributed by atoms with van der Waals surface area (Å²) in [5.41, 5.74) is -4.82. The number of halogens is 5. The van der Waals surface area contributed by atoms with Crippen LogP contribution in [0, 0.1) is 11.6 Å². The molecule has 0 saturated heterocycles. The second-order valence-corrected chi connectivity index (χ2v) is 5.39. The van der Waals surface area contributed by atoms with E-state index in [9.17, 15) is 26.7 Å². The lowest BCUT2D eigenvalue weighted by atomic mass is 9.99. The van der Waals surface area contributed by atoms with Gasteiger partial charge in [-0.25, -0.2) is 8.78 Å². The van der Waals surface area contributed by atoms with Gasteiger partial charge in [-0.05, 0) is 29.5 Å². The maximum Gasteiger partial charge on any atom is 0.442 e. The zero-order valence-electron chi connectivity index (χ0n) is 11.0. The predicted octanol–water partition coefficient (Wildman–Crippen LogP) is 4.95. The van der Waals surface area contributed by atoms with Crippen LogP contribution in [0.25, 0.3) is 0 Å². The summed E-state index contributed by atoms with van der Waals surface area (Å²) in [6.45, 7) is 0. The molecular weight excluding hydrogens is 323 g/mol. The van der Waals surface area contributed by atoms with Crippen LogP contribution in [-0.4, -0.2) is 11.3 Å². The largest absolute Gasteiger partial charge is 0.442 e. The molecule has 0 radical (unpaired) electrons. The van der Waals surface area contributed by atoms with Crippen LogP contribution in [0.4, 0.5) is 22.0 Å². The number of ketones is 1. The summed E-state index contributed by atoms with van der Waals surface area (Å²) in [6, 6.07) is 8.95. The number of hydrogen-bond donors (Lipinski definition) is 0. The number of rotatable bonds is 4.